The first-order valence-corrected chi connectivity index (χ1v) is 42.4. The molecule has 0 unspecified atom stereocenters. The van der Waals surface area contributed by atoms with Crippen LogP contribution >= 0.6 is 0 Å². The van der Waals surface area contributed by atoms with Gasteiger partial charge in [0.1, 0.15) is 54.8 Å². The lowest BCUT2D eigenvalue weighted by molar-refractivity contribution is -0.177. The zero-order valence-electron chi connectivity index (χ0n) is 64.8. The van der Waals surface area contributed by atoms with Crippen LogP contribution in [0.1, 0.15) is 259 Å². The summed E-state index contributed by atoms with van der Waals surface area (Å²) in [7, 11) is -0.872. The zero-order chi connectivity index (χ0) is 74.6. The molecule has 2 N–H and O–H groups in total. The summed E-state index contributed by atoms with van der Waals surface area (Å²) < 4.78 is 72.5. The van der Waals surface area contributed by atoms with Crippen molar-refractivity contribution in [2.75, 3.05) is 13.9 Å². The number of phenols is 2. The molecule has 104 heavy (non-hydrogen) atoms. The first-order valence-electron chi connectivity index (χ1n) is 39.5. The highest BCUT2D eigenvalue weighted by molar-refractivity contribution is 6.74. The van der Waals surface area contributed by atoms with Gasteiger partial charge in [0.25, 0.3) is 0 Å². The number of phenolic OH excluding ortho intramolecular Hbond substituents is 2. The zero-order valence-corrected chi connectivity index (χ0v) is 65.8. The summed E-state index contributed by atoms with van der Waals surface area (Å²) in [5, 5.41) is 23.3. The summed E-state index contributed by atoms with van der Waals surface area (Å²) in [6, 6.07) is 29.9. The van der Waals surface area contributed by atoms with Gasteiger partial charge in [-0.1, -0.05) is 120 Å². The van der Waals surface area contributed by atoms with Crippen molar-refractivity contribution >= 4 is 32.2 Å². The van der Waals surface area contributed by atoms with Crippen molar-refractivity contribution in [1.82, 2.24) is 0 Å². The summed E-state index contributed by atoms with van der Waals surface area (Å²) in [6.07, 6.45) is 15.4. The molecule has 17 nitrogen and oxygen atoms in total. The first-order chi connectivity index (χ1) is 49.7. The normalized spacial score (nSPS) is 27.1. The molecular formula is C86H126O17Si. The van der Waals surface area contributed by atoms with Crippen LogP contribution < -0.4 is 0 Å². The van der Waals surface area contributed by atoms with E-state index >= 15 is 4.79 Å². The highest BCUT2D eigenvalue weighted by atomic mass is 28.4. The van der Waals surface area contributed by atoms with Gasteiger partial charge >= 0.3 is 23.9 Å². The summed E-state index contributed by atoms with van der Waals surface area (Å²) in [5.74, 6) is -2.29. The van der Waals surface area contributed by atoms with Gasteiger partial charge in [-0.3, -0.25) is 9.59 Å². The second-order valence-electron chi connectivity index (χ2n) is 33.6. The van der Waals surface area contributed by atoms with Crippen LogP contribution in [0.25, 0.3) is 0 Å². The molecule has 0 radical (unpaired) electrons. The van der Waals surface area contributed by atoms with Gasteiger partial charge in [0, 0.05) is 26.4 Å². The number of hydrogen-bond donors (Lipinski definition) is 2. The van der Waals surface area contributed by atoms with Crippen LogP contribution in [0.15, 0.2) is 97.1 Å². The van der Waals surface area contributed by atoms with Gasteiger partial charge < -0.3 is 62.0 Å². The van der Waals surface area contributed by atoms with Crippen LogP contribution in [0.3, 0.4) is 0 Å². The van der Waals surface area contributed by atoms with E-state index in [1.54, 1.807) is 31.4 Å². The van der Waals surface area contributed by atoms with Crippen LogP contribution in [-0.2, 0) is 87.4 Å². The van der Waals surface area contributed by atoms with Crippen LogP contribution in [-0.4, -0.2) is 130 Å². The third-order valence-corrected chi connectivity index (χ3v) is 28.2. The Kier molecular flexibility index (Phi) is 30.8. The van der Waals surface area contributed by atoms with Crippen LogP contribution in [0.4, 0.5) is 0 Å². The Morgan fingerprint density at radius 2 is 0.875 bits per heavy atom. The Bertz CT molecular complexity index is 3310. The fourth-order valence-corrected chi connectivity index (χ4v) is 17.3. The monoisotopic (exact) mass is 1460 g/mol. The van der Waals surface area contributed by atoms with Gasteiger partial charge in [0.05, 0.1) is 71.9 Å². The third-order valence-electron chi connectivity index (χ3n) is 23.7. The molecule has 4 aromatic carbocycles. The Hall–Kier alpha value is -5.70. The highest BCUT2D eigenvalue weighted by Gasteiger charge is 2.47. The molecule has 0 saturated carbocycles. The van der Waals surface area contributed by atoms with Gasteiger partial charge in [-0.25, -0.2) is 9.59 Å². The number of methoxy groups -OCH3 is 1. The number of aromatic hydroxyl groups is 2. The summed E-state index contributed by atoms with van der Waals surface area (Å²) in [4.78, 5) is 57.8. The second-order valence-corrected chi connectivity index (χ2v) is 38.3. The quantitative estimate of drug-likeness (QED) is 0.0344. The molecule has 0 aliphatic carbocycles. The molecule has 5 aliphatic rings. The molecule has 14 atom stereocenters. The standard InChI is InChI=1S/C86H126O17Si/c1-58-47-49-66-39-23-37-64(97-66)36-20-32-63-34-22-44-73(88)79(63)81(90)102-75(54-71(103-104(11,12)84(3,4)5)52-69-42-26-46-77(100-69)86(8,9)83(92)95-56-61-29-17-14-18-30-61)59(2)48-50-67-40-24-38-65(98-67)35-19-31-62-33-21-43-72(87)78(62)80(89)101-74(58)53-70(96-57-93-10)51-68-41-25-45-76(99-68)85(6,7)82(91)94-55-60-27-15-13-16-28-60/h13-18,21-22,27-30,33-34,43-44,58-59,64-71,74-77,87-88H,19-20,23-26,31-32,35-42,45-57H2,1-12H3/t58-,59-,64-,65-,66-,67-,68-,69-,70-,71-,74+,75+,76+,77+/m0/s1. The minimum atomic E-state index is -2.46. The molecule has 4 aromatic rings. The van der Waals surface area contributed by atoms with Crippen LogP contribution in [0.2, 0.25) is 18.1 Å². The smallest absolute Gasteiger partial charge is 0.342 e. The molecule has 4 fully saturated rings. The molecule has 18 heteroatoms. The van der Waals surface area contributed by atoms with Gasteiger partial charge in [0.15, 0.2) is 8.32 Å². The summed E-state index contributed by atoms with van der Waals surface area (Å²) in [5.41, 5.74) is 1.81. The number of esters is 4. The van der Waals surface area contributed by atoms with Crippen LogP contribution in [0, 0.1) is 22.7 Å². The largest absolute Gasteiger partial charge is 0.507 e. The van der Waals surface area contributed by atoms with E-state index in [4.69, 9.17) is 51.8 Å². The number of carbonyl (C=O) groups is 4. The minimum Gasteiger partial charge on any atom is -0.507 e. The van der Waals surface area contributed by atoms with Crippen molar-refractivity contribution in [1.29, 1.82) is 0 Å². The Morgan fingerprint density at radius 3 is 1.30 bits per heavy atom. The number of fused-ring (bicyclic) bond motifs is 6. The average molecular weight is 1460 g/mol. The fourth-order valence-electron chi connectivity index (χ4n) is 15.9. The third kappa shape index (κ3) is 23.6. The Morgan fingerprint density at radius 1 is 0.481 bits per heavy atom. The van der Waals surface area contributed by atoms with Gasteiger partial charge in [0.2, 0.25) is 0 Å². The molecule has 576 valence electrons. The highest BCUT2D eigenvalue weighted by Crippen LogP contribution is 2.43. The molecule has 0 spiro atoms. The van der Waals surface area contributed by atoms with Crippen molar-refractivity contribution in [3.05, 3.63) is 130 Å². The minimum absolute atomic E-state index is 0.0154. The molecule has 4 bridgehead atoms. The maximum absolute atomic E-state index is 15.2. The number of rotatable bonds is 21. The maximum Gasteiger partial charge on any atom is 0.342 e. The number of hydrogen-bond acceptors (Lipinski definition) is 17. The van der Waals surface area contributed by atoms with E-state index in [9.17, 15) is 24.6 Å². The van der Waals surface area contributed by atoms with E-state index in [1.807, 2.05) is 100 Å². The molecule has 0 aromatic heterocycles. The number of carbonyl (C=O) groups excluding carboxylic acids is 4. The fraction of sp³-hybridized carbons (Fsp3) is 0.674. The predicted molar refractivity (Wildman–Crippen MR) is 405 cm³/mol. The van der Waals surface area contributed by atoms with Crippen molar-refractivity contribution in [3.8, 4) is 11.5 Å². The lowest BCUT2D eigenvalue weighted by Crippen LogP contribution is -2.48. The van der Waals surface area contributed by atoms with Crippen molar-refractivity contribution in [2.24, 2.45) is 22.7 Å². The number of aryl methyl sites for hydroxylation is 2. The van der Waals surface area contributed by atoms with Gasteiger partial charge in [-0.05, 0) is 240 Å². The van der Waals surface area contributed by atoms with E-state index in [0.717, 1.165) is 113 Å². The lowest BCUT2D eigenvalue weighted by Gasteiger charge is -2.43. The first kappa shape index (κ1) is 82.4. The average Bonchev–Trinajstić information content (AvgIpc) is 0.774. The van der Waals surface area contributed by atoms with Gasteiger partial charge in [-0.2, -0.15) is 0 Å². The molecule has 5 heterocycles. The summed E-state index contributed by atoms with van der Waals surface area (Å²) >= 11 is 0. The molecular weight excluding hydrogens is 1330 g/mol. The molecule has 9 rings (SSSR count). The van der Waals surface area contributed by atoms with E-state index in [2.05, 4.69) is 47.7 Å². The van der Waals surface area contributed by atoms with E-state index < -0.39 is 49.4 Å². The number of ether oxygens (including phenoxy) is 10. The maximum atomic E-state index is 15.2. The van der Waals surface area contributed by atoms with Gasteiger partial charge in [-0.15, -0.1) is 0 Å². The Balaban J connectivity index is 0.934. The number of cyclic esters (lactones) is 2. The van der Waals surface area contributed by atoms with Crippen LogP contribution in [0.5, 0.6) is 11.5 Å². The molecule has 0 amide bonds. The Labute approximate surface area is 622 Å². The van der Waals surface area contributed by atoms with E-state index in [1.165, 1.54) is 0 Å². The van der Waals surface area contributed by atoms with E-state index in [-0.39, 0.29) is 126 Å². The summed E-state index contributed by atoms with van der Waals surface area (Å²) in [6.45, 7) is 23.5. The van der Waals surface area contributed by atoms with E-state index in [0.29, 0.717) is 76.2 Å². The number of benzene rings is 4. The molecule has 4 saturated heterocycles. The topological polar surface area (TPSA) is 210 Å². The second kappa shape index (κ2) is 38.9. The van der Waals surface area contributed by atoms with Crippen molar-refractivity contribution in [2.45, 2.75) is 334 Å². The van der Waals surface area contributed by atoms with Crippen molar-refractivity contribution < 1.29 is 81.2 Å². The van der Waals surface area contributed by atoms with Crippen molar-refractivity contribution in [3.63, 3.8) is 0 Å². The predicted octanol–water partition coefficient (Wildman–Crippen LogP) is 18.6. The molecule has 5 aliphatic heterocycles. The lowest BCUT2D eigenvalue weighted by atomic mass is 9.81. The SMILES string of the molecule is COCO[C@@H](C[C@@H]1CCC[C@H](C(C)(C)C(=O)OCc2ccccc2)O1)C[C@H]1OC(=O)c2c(O)cccc2CCC[C@H]2CCC[C@@H](CC[C@H](C)[C@@H](C[C@H](C[C@@H]3CCC[C@H](C(C)(C)C(=O)OCc4ccccc4)O3)O[Si](C)(C)C(C)(C)C)OC(=O)c3c(O)cccc3CCC[C@H]3CCC[C@@H](CC[C@@H]1C)O3)O2.